The number of para-hydroxylation sites is 1. The third kappa shape index (κ3) is 2.61. The Morgan fingerprint density at radius 2 is 2.04 bits per heavy atom. The summed E-state index contributed by atoms with van der Waals surface area (Å²) in [4.78, 5) is 15.1. The molecule has 0 radical (unpaired) electrons. The van der Waals surface area contributed by atoms with Crippen LogP contribution in [0.1, 0.15) is 40.2 Å². The quantitative estimate of drug-likeness (QED) is 0.807. The molecule has 0 atom stereocenters. The first-order chi connectivity index (χ1) is 11.2. The number of piperidine rings is 1. The fourth-order valence-electron chi connectivity index (χ4n) is 3.50. The molecule has 0 unspecified atom stereocenters. The van der Waals surface area contributed by atoms with E-state index < -0.39 is 0 Å². The van der Waals surface area contributed by atoms with Gasteiger partial charge in [-0.25, -0.2) is 0 Å². The molecule has 0 saturated carbocycles. The molecule has 1 aromatic carbocycles. The predicted octanol–water partition coefficient (Wildman–Crippen LogP) is 2.85. The maximum Gasteiger partial charge on any atom is 0.267 e. The maximum atomic E-state index is 12.6. The van der Waals surface area contributed by atoms with Gasteiger partial charge in [0, 0.05) is 25.9 Å². The predicted molar refractivity (Wildman–Crippen MR) is 87.9 cm³/mol. The van der Waals surface area contributed by atoms with Gasteiger partial charge in [0.05, 0.1) is 5.69 Å². The van der Waals surface area contributed by atoms with Gasteiger partial charge in [-0.05, 0) is 42.9 Å². The van der Waals surface area contributed by atoms with Gasteiger partial charge < -0.3 is 9.64 Å². The molecule has 3 heterocycles. The lowest BCUT2D eigenvalue weighted by molar-refractivity contribution is -0.0105. The summed E-state index contributed by atoms with van der Waals surface area (Å²) in [5.41, 5.74) is 1.91. The first kappa shape index (κ1) is 14.6. The number of aryl methyl sites for hydroxylation is 2. The summed E-state index contributed by atoms with van der Waals surface area (Å²) in [6.07, 6.45) is 3.87. The highest BCUT2D eigenvalue weighted by atomic mass is 32.1. The fourth-order valence-corrected chi connectivity index (χ4v) is 4.12. The van der Waals surface area contributed by atoms with E-state index in [0.717, 1.165) is 50.2 Å². The topological polar surface area (TPSA) is 55.3 Å². The van der Waals surface area contributed by atoms with E-state index in [1.807, 2.05) is 17.9 Å². The van der Waals surface area contributed by atoms with Crippen LogP contribution in [0.4, 0.5) is 0 Å². The zero-order chi connectivity index (χ0) is 15.9. The molecule has 2 aliphatic rings. The molecule has 4 rings (SSSR count). The Labute approximate surface area is 139 Å². The molecular weight excluding hydrogens is 310 g/mol. The van der Waals surface area contributed by atoms with E-state index in [1.165, 1.54) is 17.1 Å². The molecule has 6 heteroatoms. The Morgan fingerprint density at radius 3 is 2.78 bits per heavy atom. The summed E-state index contributed by atoms with van der Waals surface area (Å²) >= 11 is 1.19. The second-order valence-corrected chi connectivity index (χ2v) is 7.13. The number of carbonyl (C=O) groups is 1. The van der Waals surface area contributed by atoms with Gasteiger partial charge in [0.1, 0.15) is 16.2 Å². The molecule has 2 aliphatic heterocycles. The first-order valence-electron chi connectivity index (χ1n) is 8.02. The number of hydrogen-bond donors (Lipinski definition) is 0. The van der Waals surface area contributed by atoms with E-state index in [4.69, 9.17) is 4.74 Å². The SMILES string of the molecule is Cc1nnsc1C(=O)N1CCC2(CCc3ccccc3O2)CC1. The number of hydrogen-bond acceptors (Lipinski definition) is 5. The van der Waals surface area contributed by atoms with Gasteiger partial charge in [-0.2, -0.15) is 0 Å². The molecule has 2 aromatic rings. The van der Waals surface area contributed by atoms with Crippen molar-refractivity contribution in [3.63, 3.8) is 0 Å². The van der Waals surface area contributed by atoms with Crippen LogP contribution in [-0.4, -0.2) is 39.1 Å². The van der Waals surface area contributed by atoms with Crippen LogP contribution < -0.4 is 4.74 Å². The van der Waals surface area contributed by atoms with Gasteiger partial charge >= 0.3 is 0 Å². The van der Waals surface area contributed by atoms with E-state index in [0.29, 0.717) is 4.88 Å². The molecule has 1 fully saturated rings. The van der Waals surface area contributed by atoms with Gasteiger partial charge in [-0.1, -0.05) is 22.7 Å². The lowest BCUT2D eigenvalue weighted by Crippen LogP contribution is -2.51. The minimum Gasteiger partial charge on any atom is -0.487 e. The molecule has 1 spiro atoms. The fraction of sp³-hybridized carbons (Fsp3) is 0.471. The third-order valence-electron chi connectivity index (χ3n) is 4.96. The summed E-state index contributed by atoms with van der Waals surface area (Å²) < 4.78 is 10.2. The Bertz CT molecular complexity index is 735. The van der Waals surface area contributed by atoms with E-state index >= 15 is 0 Å². The van der Waals surface area contributed by atoms with Crippen LogP contribution in [0.25, 0.3) is 0 Å². The zero-order valence-corrected chi connectivity index (χ0v) is 13.9. The van der Waals surface area contributed by atoms with Gasteiger partial charge in [0.2, 0.25) is 0 Å². The molecule has 1 saturated heterocycles. The monoisotopic (exact) mass is 329 g/mol. The summed E-state index contributed by atoms with van der Waals surface area (Å²) in [7, 11) is 0. The minimum absolute atomic E-state index is 0.0589. The highest BCUT2D eigenvalue weighted by Gasteiger charge is 2.40. The molecule has 5 nitrogen and oxygen atoms in total. The number of ether oxygens (including phenoxy) is 1. The highest BCUT2D eigenvalue weighted by Crippen LogP contribution is 2.39. The van der Waals surface area contributed by atoms with Crippen molar-refractivity contribution in [1.82, 2.24) is 14.5 Å². The Morgan fingerprint density at radius 1 is 1.26 bits per heavy atom. The van der Waals surface area contributed by atoms with E-state index in [-0.39, 0.29) is 11.5 Å². The Hall–Kier alpha value is -1.95. The van der Waals surface area contributed by atoms with Crippen molar-refractivity contribution in [2.45, 2.75) is 38.2 Å². The number of aromatic nitrogens is 2. The average molecular weight is 329 g/mol. The van der Waals surface area contributed by atoms with Crippen LogP contribution in [0.5, 0.6) is 5.75 Å². The summed E-state index contributed by atoms with van der Waals surface area (Å²) in [5, 5.41) is 3.94. The molecule has 23 heavy (non-hydrogen) atoms. The number of benzene rings is 1. The van der Waals surface area contributed by atoms with Crippen LogP contribution in [-0.2, 0) is 6.42 Å². The van der Waals surface area contributed by atoms with Crippen LogP contribution in [0.2, 0.25) is 0 Å². The van der Waals surface area contributed by atoms with Crippen molar-refractivity contribution in [3.05, 3.63) is 40.4 Å². The van der Waals surface area contributed by atoms with Crippen LogP contribution in [0.15, 0.2) is 24.3 Å². The summed E-state index contributed by atoms with van der Waals surface area (Å²) in [6, 6.07) is 8.28. The number of nitrogens with zero attached hydrogens (tertiary/aromatic N) is 3. The normalized spacial score (nSPS) is 19.3. The second-order valence-electron chi connectivity index (χ2n) is 6.37. The van der Waals surface area contributed by atoms with Gasteiger partial charge in [-0.15, -0.1) is 5.10 Å². The van der Waals surface area contributed by atoms with Crippen molar-refractivity contribution in [3.8, 4) is 5.75 Å². The molecule has 0 N–H and O–H groups in total. The summed E-state index contributed by atoms with van der Waals surface area (Å²) in [5.74, 6) is 1.07. The number of likely N-dealkylation sites (tertiary alicyclic amines) is 1. The Balaban J connectivity index is 1.46. The standard InChI is InChI=1S/C17H19N3O2S/c1-12-15(23-19-18-12)16(21)20-10-8-17(9-11-20)7-6-13-4-2-3-5-14(13)22-17/h2-5H,6-11H2,1H3. The second kappa shape index (κ2) is 5.60. The number of rotatable bonds is 1. The first-order valence-corrected chi connectivity index (χ1v) is 8.79. The Kier molecular flexibility index (Phi) is 3.56. The molecule has 120 valence electrons. The van der Waals surface area contributed by atoms with Crippen LogP contribution >= 0.6 is 11.5 Å². The van der Waals surface area contributed by atoms with Crippen molar-refractivity contribution >= 4 is 17.4 Å². The average Bonchev–Trinajstić information content (AvgIpc) is 3.01. The molecule has 1 aromatic heterocycles. The van der Waals surface area contributed by atoms with Crippen molar-refractivity contribution in [2.75, 3.05) is 13.1 Å². The number of fused-ring (bicyclic) bond motifs is 1. The number of amides is 1. The zero-order valence-electron chi connectivity index (χ0n) is 13.1. The van der Waals surface area contributed by atoms with Gasteiger partial charge in [0.15, 0.2) is 0 Å². The largest absolute Gasteiger partial charge is 0.487 e. The smallest absolute Gasteiger partial charge is 0.267 e. The molecule has 0 aliphatic carbocycles. The van der Waals surface area contributed by atoms with Gasteiger partial charge in [-0.3, -0.25) is 4.79 Å². The van der Waals surface area contributed by atoms with Crippen LogP contribution in [0, 0.1) is 6.92 Å². The number of carbonyl (C=O) groups excluding carboxylic acids is 1. The summed E-state index contributed by atoms with van der Waals surface area (Å²) in [6.45, 7) is 3.31. The van der Waals surface area contributed by atoms with E-state index in [2.05, 4.69) is 27.8 Å². The van der Waals surface area contributed by atoms with E-state index in [9.17, 15) is 4.79 Å². The van der Waals surface area contributed by atoms with Crippen LogP contribution in [0.3, 0.4) is 0 Å². The minimum atomic E-state index is -0.105. The highest BCUT2D eigenvalue weighted by molar-refractivity contribution is 7.07. The molecule has 0 bridgehead atoms. The maximum absolute atomic E-state index is 12.6. The van der Waals surface area contributed by atoms with Crippen molar-refractivity contribution in [1.29, 1.82) is 0 Å². The lowest BCUT2D eigenvalue weighted by atomic mass is 9.83. The van der Waals surface area contributed by atoms with Crippen molar-refractivity contribution in [2.24, 2.45) is 0 Å². The molecule has 1 amide bonds. The van der Waals surface area contributed by atoms with Gasteiger partial charge in [0.25, 0.3) is 5.91 Å². The third-order valence-corrected chi connectivity index (χ3v) is 5.77. The van der Waals surface area contributed by atoms with E-state index in [1.54, 1.807) is 0 Å². The molecular formula is C17H19N3O2S. The van der Waals surface area contributed by atoms with Crippen molar-refractivity contribution < 1.29 is 9.53 Å². The lowest BCUT2D eigenvalue weighted by Gasteiger charge is -2.44.